The fourth-order valence-electron chi connectivity index (χ4n) is 3.74. The van der Waals surface area contributed by atoms with E-state index in [1.807, 2.05) is 12.1 Å². The Hall–Kier alpha value is -4.61. The smallest absolute Gasteiger partial charge is 0.408 e. The number of ether oxygens (including phenoxy) is 2. The van der Waals surface area contributed by atoms with Crippen LogP contribution in [0, 0.1) is 0 Å². The van der Waals surface area contributed by atoms with Gasteiger partial charge in [-0.1, -0.05) is 48.0 Å². The van der Waals surface area contributed by atoms with Crippen molar-refractivity contribution >= 4 is 35.7 Å². The van der Waals surface area contributed by atoms with E-state index < -0.39 is 42.2 Å². The number of carbonyl (C=O) groups excluding carboxylic acids is 3. The number of benzene rings is 3. The van der Waals surface area contributed by atoms with E-state index in [0.717, 1.165) is 5.56 Å². The standard InChI is InChI=1S/C31H35ClN4O7/c1-31(2,3)43-30(41)35-26(18-37)28(39)34-25(16-20-11-13-24(38)14-12-20)29(40)36-33-17-22-8-4-5-10-27(22)42-19-21-7-6-9-23(32)15-21/h4-15,17,25-26,37-38H,16,18-19H2,1-3H3,(H,34,39)(H,35,41)(H,36,40)/b33-17-/t25-,26-/m0/s1. The molecule has 11 nitrogen and oxygen atoms in total. The lowest BCUT2D eigenvalue weighted by Gasteiger charge is -2.24. The minimum absolute atomic E-state index is 0.0251. The number of halogens is 1. The number of carbonyl (C=O) groups is 3. The van der Waals surface area contributed by atoms with Gasteiger partial charge >= 0.3 is 6.09 Å². The fraction of sp³-hybridized carbons (Fsp3) is 0.290. The Morgan fingerprint density at radius 2 is 1.65 bits per heavy atom. The van der Waals surface area contributed by atoms with Gasteiger partial charge in [0.2, 0.25) is 5.91 Å². The summed E-state index contributed by atoms with van der Waals surface area (Å²) in [7, 11) is 0. The van der Waals surface area contributed by atoms with Crippen molar-refractivity contribution in [2.45, 2.75) is 51.5 Å². The van der Waals surface area contributed by atoms with Gasteiger partial charge in [-0.25, -0.2) is 10.2 Å². The molecule has 0 fully saturated rings. The number of rotatable bonds is 12. The molecule has 3 rings (SSSR count). The summed E-state index contributed by atoms with van der Waals surface area (Å²) in [6.45, 7) is 4.50. The van der Waals surface area contributed by atoms with Crippen molar-refractivity contribution in [3.8, 4) is 11.5 Å². The molecule has 0 aliphatic rings. The van der Waals surface area contributed by atoms with Crippen LogP contribution in [0.1, 0.15) is 37.5 Å². The number of aromatic hydroxyl groups is 1. The van der Waals surface area contributed by atoms with Gasteiger partial charge in [-0.3, -0.25) is 9.59 Å². The van der Waals surface area contributed by atoms with Crippen LogP contribution in [0.4, 0.5) is 4.79 Å². The summed E-state index contributed by atoms with van der Waals surface area (Å²) in [6.07, 6.45) is 0.532. The molecule has 0 aliphatic carbocycles. The SMILES string of the molecule is CC(C)(C)OC(=O)N[C@@H](CO)C(=O)N[C@@H](Cc1ccc(O)cc1)C(=O)N/N=C\c1ccccc1OCc1cccc(Cl)c1. The Morgan fingerprint density at radius 1 is 0.930 bits per heavy atom. The monoisotopic (exact) mass is 610 g/mol. The van der Waals surface area contributed by atoms with Crippen LogP contribution in [0.3, 0.4) is 0 Å². The highest BCUT2D eigenvalue weighted by atomic mass is 35.5. The highest BCUT2D eigenvalue weighted by Gasteiger charge is 2.28. The summed E-state index contributed by atoms with van der Waals surface area (Å²) in [5.41, 5.74) is 3.70. The van der Waals surface area contributed by atoms with Crippen LogP contribution in [0.2, 0.25) is 5.02 Å². The van der Waals surface area contributed by atoms with Crippen molar-refractivity contribution in [3.05, 3.63) is 94.5 Å². The van der Waals surface area contributed by atoms with E-state index in [0.29, 0.717) is 21.9 Å². The first-order valence-corrected chi connectivity index (χ1v) is 13.8. The predicted octanol–water partition coefficient (Wildman–Crippen LogP) is 3.69. The molecule has 228 valence electrons. The van der Waals surface area contributed by atoms with Gasteiger partial charge in [-0.2, -0.15) is 5.10 Å². The maximum Gasteiger partial charge on any atom is 0.408 e. The first-order chi connectivity index (χ1) is 20.4. The molecule has 3 amide bonds. The number of hydrogen-bond donors (Lipinski definition) is 5. The summed E-state index contributed by atoms with van der Waals surface area (Å²) < 4.78 is 11.1. The number of amides is 3. The highest BCUT2D eigenvalue weighted by molar-refractivity contribution is 6.30. The van der Waals surface area contributed by atoms with E-state index >= 15 is 0 Å². The van der Waals surface area contributed by atoms with Crippen LogP contribution in [0.5, 0.6) is 11.5 Å². The number of nitrogens with zero attached hydrogens (tertiary/aromatic N) is 1. The third-order valence-electron chi connectivity index (χ3n) is 5.78. The zero-order chi connectivity index (χ0) is 31.4. The van der Waals surface area contributed by atoms with Gasteiger partial charge < -0.3 is 30.3 Å². The van der Waals surface area contributed by atoms with Crippen LogP contribution in [0.15, 0.2) is 77.9 Å². The molecular formula is C31H35ClN4O7. The van der Waals surface area contributed by atoms with Crippen LogP contribution < -0.4 is 20.8 Å². The maximum absolute atomic E-state index is 13.2. The van der Waals surface area contributed by atoms with Crippen molar-refractivity contribution in [1.82, 2.24) is 16.1 Å². The summed E-state index contributed by atoms with van der Waals surface area (Å²) in [6, 6.07) is 17.9. The predicted molar refractivity (Wildman–Crippen MR) is 162 cm³/mol. The van der Waals surface area contributed by atoms with Crippen LogP contribution >= 0.6 is 11.6 Å². The van der Waals surface area contributed by atoms with Gasteiger partial charge in [-0.05, 0) is 68.3 Å². The minimum atomic E-state index is -1.38. The summed E-state index contributed by atoms with van der Waals surface area (Å²) in [4.78, 5) is 38.3. The number of nitrogens with one attached hydrogen (secondary N) is 3. The molecule has 0 saturated heterocycles. The van der Waals surface area contributed by atoms with Gasteiger partial charge in [0, 0.05) is 17.0 Å². The second kappa shape index (κ2) is 15.6. The maximum atomic E-state index is 13.2. The topological polar surface area (TPSA) is 159 Å². The van der Waals surface area contributed by atoms with E-state index in [1.54, 1.807) is 69.3 Å². The van der Waals surface area contributed by atoms with Crippen molar-refractivity contribution in [2.24, 2.45) is 5.10 Å². The van der Waals surface area contributed by atoms with Crippen LogP contribution in [-0.2, 0) is 27.4 Å². The lowest BCUT2D eigenvalue weighted by atomic mass is 10.0. The Balaban J connectivity index is 1.70. The quantitative estimate of drug-likeness (QED) is 0.154. The lowest BCUT2D eigenvalue weighted by molar-refractivity contribution is -0.130. The molecule has 3 aromatic rings. The number of phenolic OH excluding ortho intramolecular Hbond substituents is 1. The molecule has 0 aromatic heterocycles. The Bertz CT molecular complexity index is 1420. The van der Waals surface area contributed by atoms with Crippen molar-refractivity contribution in [1.29, 1.82) is 0 Å². The molecular weight excluding hydrogens is 576 g/mol. The first-order valence-electron chi connectivity index (χ1n) is 13.4. The van der Waals surface area contributed by atoms with E-state index in [9.17, 15) is 24.6 Å². The van der Waals surface area contributed by atoms with Crippen LogP contribution in [0.25, 0.3) is 0 Å². The fourth-order valence-corrected chi connectivity index (χ4v) is 3.96. The van der Waals surface area contributed by atoms with Crippen LogP contribution in [-0.4, -0.2) is 58.6 Å². The second-order valence-corrected chi connectivity index (χ2v) is 10.9. The van der Waals surface area contributed by atoms with Crippen molar-refractivity contribution in [2.75, 3.05) is 6.61 Å². The Labute approximate surface area is 254 Å². The summed E-state index contributed by atoms with van der Waals surface area (Å²) in [5.74, 6) is -0.912. The number of alkyl carbamates (subject to hydrolysis) is 1. The Morgan fingerprint density at radius 3 is 2.33 bits per heavy atom. The number of para-hydroxylation sites is 1. The number of phenols is 1. The molecule has 2 atom stereocenters. The molecule has 43 heavy (non-hydrogen) atoms. The normalized spacial score (nSPS) is 12.7. The molecule has 0 bridgehead atoms. The second-order valence-electron chi connectivity index (χ2n) is 10.5. The lowest BCUT2D eigenvalue weighted by Crippen LogP contribution is -2.55. The molecule has 0 aliphatic heterocycles. The molecule has 0 spiro atoms. The van der Waals surface area contributed by atoms with Gasteiger partial charge in [0.1, 0.15) is 35.8 Å². The van der Waals surface area contributed by atoms with E-state index in [-0.39, 0.29) is 18.8 Å². The minimum Gasteiger partial charge on any atom is -0.508 e. The summed E-state index contributed by atoms with van der Waals surface area (Å²) >= 11 is 6.05. The van der Waals surface area contributed by atoms with E-state index in [2.05, 4.69) is 21.2 Å². The number of hydrazone groups is 1. The highest BCUT2D eigenvalue weighted by Crippen LogP contribution is 2.19. The van der Waals surface area contributed by atoms with E-state index in [1.165, 1.54) is 18.3 Å². The molecule has 0 radical (unpaired) electrons. The Kier molecular flexibility index (Phi) is 11.9. The van der Waals surface area contributed by atoms with Gasteiger partial charge in [0.25, 0.3) is 5.91 Å². The largest absolute Gasteiger partial charge is 0.508 e. The van der Waals surface area contributed by atoms with Gasteiger partial charge in [0.05, 0.1) is 12.8 Å². The third kappa shape index (κ3) is 11.3. The van der Waals surface area contributed by atoms with Crippen molar-refractivity contribution in [3.63, 3.8) is 0 Å². The third-order valence-corrected chi connectivity index (χ3v) is 6.02. The average molecular weight is 611 g/mol. The molecule has 5 N–H and O–H groups in total. The average Bonchev–Trinajstić information content (AvgIpc) is 2.95. The molecule has 3 aromatic carbocycles. The number of hydrogen-bond acceptors (Lipinski definition) is 8. The zero-order valence-electron chi connectivity index (χ0n) is 24.0. The van der Waals surface area contributed by atoms with Crippen molar-refractivity contribution < 1.29 is 34.1 Å². The molecule has 0 unspecified atom stereocenters. The summed E-state index contributed by atoms with van der Waals surface area (Å²) in [5, 5.41) is 28.8. The zero-order valence-corrected chi connectivity index (χ0v) is 24.8. The van der Waals surface area contributed by atoms with Gasteiger partial charge in [0.15, 0.2) is 0 Å². The molecule has 0 heterocycles. The first kappa shape index (κ1) is 32.9. The number of aliphatic hydroxyl groups is 1. The van der Waals surface area contributed by atoms with Gasteiger partial charge in [-0.15, -0.1) is 0 Å². The molecule has 12 heteroatoms. The molecule has 0 saturated carbocycles. The van der Waals surface area contributed by atoms with E-state index in [4.69, 9.17) is 21.1 Å². The number of aliphatic hydroxyl groups excluding tert-OH is 1.